The molecule has 0 aromatic carbocycles. The molecule has 0 aromatic rings. The van der Waals surface area contributed by atoms with E-state index in [0.717, 1.165) is 32.0 Å². The molecule has 1 heterocycles. The van der Waals surface area contributed by atoms with Crippen LogP contribution in [0.25, 0.3) is 0 Å². The van der Waals surface area contributed by atoms with Gasteiger partial charge in [-0.25, -0.2) is 5.48 Å². The molecule has 0 aromatic heterocycles. The fourth-order valence-electron chi connectivity index (χ4n) is 8.06. The summed E-state index contributed by atoms with van der Waals surface area (Å²) in [6, 6.07) is -0.948. The summed E-state index contributed by atoms with van der Waals surface area (Å²) >= 11 is 0. The van der Waals surface area contributed by atoms with Crippen LogP contribution in [0, 0.1) is 0 Å². The number of unbranched alkanes of at least 4 members (excludes halogenated alkanes) is 2. The van der Waals surface area contributed by atoms with Crippen molar-refractivity contribution in [3.63, 3.8) is 0 Å². The lowest BCUT2D eigenvalue weighted by molar-refractivity contribution is -0.143. The van der Waals surface area contributed by atoms with Crippen LogP contribution < -0.4 is 32.9 Å². The second-order valence-corrected chi connectivity index (χ2v) is 16.3. The van der Waals surface area contributed by atoms with E-state index >= 15 is 0 Å². The van der Waals surface area contributed by atoms with Gasteiger partial charge in [-0.2, -0.15) is 0 Å². The van der Waals surface area contributed by atoms with Gasteiger partial charge in [0.1, 0.15) is 25.8 Å². The minimum absolute atomic E-state index is 0.0768. The van der Waals surface area contributed by atoms with E-state index in [1.807, 2.05) is 9.80 Å². The Hall–Kier alpha value is -4.24. The number of carbonyl (C=O) groups is 8. The van der Waals surface area contributed by atoms with Gasteiger partial charge in [0, 0.05) is 63.3 Å². The van der Waals surface area contributed by atoms with Crippen molar-refractivity contribution in [2.24, 2.45) is 11.5 Å². The third-order valence-corrected chi connectivity index (χ3v) is 11.2. The largest absolute Gasteiger partial charge is 0.480 e. The van der Waals surface area contributed by atoms with E-state index in [2.05, 4.69) is 21.4 Å². The molecule has 24 nitrogen and oxygen atoms in total. The quantitative estimate of drug-likeness (QED) is 0.0172. The molecule has 2 rings (SSSR count). The molecule has 1 saturated heterocycles. The number of fused-ring (bicyclic) bond motifs is 1. The number of primary amides is 1. The van der Waals surface area contributed by atoms with E-state index in [1.54, 1.807) is 4.90 Å². The molecule has 10 N–H and O–H groups in total. The molecule has 1 aliphatic carbocycles. The van der Waals surface area contributed by atoms with E-state index in [1.165, 1.54) is 0 Å². The van der Waals surface area contributed by atoms with Gasteiger partial charge in [0.15, 0.2) is 0 Å². The van der Waals surface area contributed by atoms with Crippen LogP contribution in [0.2, 0.25) is 0 Å². The highest BCUT2D eigenvalue weighted by Gasteiger charge is 2.48. The first kappa shape index (κ1) is 57.9. The lowest BCUT2D eigenvalue weighted by Gasteiger charge is -2.45. The first-order valence-electron chi connectivity index (χ1n) is 22.9. The summed E-state index contributed by atoms with van der Waals surface area (Å²) in [7, 11) is 0. The van der Waals surface area contributed by atoms with Gasteiger partial charge in [-0.3, -0.25) is 43.5 Å². The molecule has 4 atom stereocenters. The molecule has 0 bridgehead atoms. The zero-order valence-corrected chi connectivity index (χ0v) is 38.3. The van der Waals surface area contributed by atoms with Crippen molar-refractivity contribution < 1.29 is 72.4 Å². The van der Waals surface area contributed by atoms with Crippen LogP contribution in [0.5, 0.6) is 0 Å². The number of nitrogens with zero attached hydrogens (tertiary/aromatic N) is 3. The second kappa shape index (κ2) is 35.0. The molecule has 1 aliphatic heterocycles. The molecule has 66 heavy (non-hydrogen) atoms. The minimum atomic E-state index is -1.15. The van der Waals surface area contributed by atoms with Crippen LogP contribution in [-0.2, 0) is 62.1 Å². The predicted molar refractivity (Wildman–Crippen MR) is 237 cm³/mol. The van der Waals surface area contributed by atoms with Crippen LogP contribution in [0.1, 0.15) is 70.6 Å². The van der Waals surface area contributed by atoms with Crippen LogP contribution >= 0.6 is 0 Å². The van der Waals surface area contributed by atoms with Crippen LogP contribution in [-0.4, -0.2) is 222 Å². The first-order valence-corrected chi connectivity index (χ1v) is 22.9. The average Bonchev–Trinajstić information content (AvgIpc) is 3.40. The van der Waals surface area contributed by atoms with E-state index < -0.39 is 36.0 Å². The standard InChI is InChI=1S/C42H75N9O15/c43-33(41(44)61)7-3-5-12-45-37(55)29-64-25-23-62-21-14-47-38(56)30-65-26-24-63-22-15-48-66-20-6-4-10-36(54)46-13-11-42(51(17-19-53)28-40(59)60)31-49(16-18-52)34-8-1-2-9-35(34)50(32-42)27-39(57)58/h18-19,33-35,48H,1-17,20-32,43H2,(H2,44,61)(H,45,55)(H,46,54)(H,47,56)(H,57,58)(H,59,60)/t33-,34-,35-,42?/m0/s1. The molecule has 2 fully saturated rings. The van der Waals surface area contributed by atoms with Gasteiger partial charge in [-0.1, -0.05) is 12.8 Å². The number of carbonyl (C=O) groups excluding carboxylic acids is 6. The molecule has 0 spiro atoms. The number of nitrogens with one attached hydrogen (secondary N) is 4. The van der Waals surface area contributed by atoms with E-state index in [-0.39, 0.29) is 135 Å². The average molecular weight is 946 g/mol. The number of amides is 4. The monoisotopic (exact) mass is 946 g/mol. The summed E-state index contributed by atoms with van der Waals surface area (Å²) in [4.78, 5) is 106. The Morgan fingerprint density at radius 3 is 1.92 bits per heavy atom. The van der Waals surface area contributed by atoms with Crippen molar-refractivity contribution in [3.05, 3.63) is 0 Å². The molecule has 378 valence electrons. The number of carboxylic acids is 2. The summed E-state index contributed by atoms with van der Waals surface area (Å²) in [5.74, 6) is -3.51. The molecule has 1 saturated carbocycles. The van der Waals surface area contributed by atoms with Crippen LogP contribution in [0.15, 0.2) is 0 Å². The zero-order chi connectivity index (χ0) is 48.4. The van der Waals surface area contributed by atoms with Gasteiger partial charge in [-0.05, 0) is 51.4 Å². The number of aliphatic carboxylic acids is 2. The number of hydroxylamine groups is 1. The fourth-order valence-corrected chi connectivity index (χ4v) is 8.06. The molecule has 4 amide bonds. The van der Waals surface area contributed by atoms with Crippen molar-refractivity contribution >= 4 is 48.1 Å². The zero-order valence-electron chi connectivity index (χ0n) is 38.3. The Morgan fingerprint density at radius 2 is 1.30 bits per heavy atom. The van der Waals surface area contributed by atoms with Crippen molar-refractivity contribution in [1.29, 1.82) is 0 Å². The van der Waals surface area contributed by atoms with Crippen molar-refractivity contribution in [3.8, 4) is 0 Å². The number of ether oxygens (including phenoxy) is 4. The maximum absolute atomic E-state index is 12.8. The Balaban J connectivity index is 1.54. The minimum Gasteiger partial charge on any atom is -0.480 e. The van der Waals surface area contributed by atoms with Gasteiger partial charge >= 0.3 is 11.9 Å². The van der Waals surface area contributed by atoms with Gasteiger partial charge in [-0.15, -0.1) is 0 Å². The van der Waals surface area contributed by atoms with Crippen molar-refractivity contribution in [2.45, 2.75) is 94.3 Å². The lowest BCUT2D eigenvalue weighted by atomic mass is 9.88. The smallest absolute Gasteiger partial charge is 0.317 e. The number of hydrogen-bond donors (Lipinski definition) is 8. The van der Waals surface area contributed by atoms with E-state index in [0.29, 0.717) is 64.7 Å². The highest BCUT2D eigenvalue weighted by atomic mass is 16.6. The predicted octanol–water partition coefficient (Wildman–Crippen LogP) is -3.00. The summed E-state index contributed by atoms with van der Waals surface area (Å²) in [5, 5.41) is 27.9. The Kier molecular flexibility index (Phi) is 30.7. The third-order valence-electron chi connectivity index (χ3n) is 11.2. The van der Waals surface area contributed by atoms with Crippen molar-refractivity contribution in [1.82, 2.24) is 36.1 Å². The molecule has 2 aliphatic rings. The maximum atomic E-state index is 12.8. The van der Waals surface area contributed by atoms with E-state index in [4.69, 9.17) is 35.3 Å². The molecule has 1 unspecified atom stereocenters. The Morgan fingerprint density at radius 1 is 0.697 bits per heavy atom. The summed E-state index contributed by atoms with van der Waals surface area (Å²) in [6.45, 7) is 2.40. The van der Waals surface area contributed by atoms with E-state index in [9.17, 15) is 48.6 Å². The topological polar surface area (TPSA) is 333 Å². The second-order valence-electron chi connectivity index (χ2n) is 16.3. The van der Waals surface area contributed by atoms with Gasteiger partial charge in [0.25, 0.3) is 0 Å². The number of aldehydes is 2. The number of nitrogens with two attached hydrogens (primary N) is 2. The molecular formula is C42H75N9O15. The summed E-state index contributed by atoms with van der Waals surface area (Å²) < 4.78 is 21.4. The Labute approximate surface area is 386 Å². The Bertz CT molecular complexity index is 1470. The molecular weight excluding hydrogens is 871 g/mol. The number of carboxylic acid groups (broad SMARTS) is 2. The van der Waals surface area contributed by atoms with Gasteiger partial charge in [0.05, 0.1) is 78.5 Å². The third kappa shape index (κ3) is 25.0. The highest BCUT2D eigenvalue weighted by molar-refractivity contribution is 5.79. The number of rotatable bonds is 40. The summed E-state index contributed by atoms with van der Waals surface area (Å²) in [6.07, 6.45) is 8.07. The SMILES string of the molecule is NC(=O)[C@@H](N)CCCCNC(=O)COCCOCCNC(=O)COCCOCCNOCCCCC(=O)NCCC1(N(CC=O)CC(=O)O)CN(CC=O)[C@H]2CCCC[C@@H]2N(CC(=O)O)C1. The number of hydrogen-bond acceptors (Lipinski definition) is 18. The lowest BCUT2D eigenvalue weighted by Crippen LogP contribution is -2.62. The maximum Gasteiger partial charge on any atom is 0.317 e. The van der Waals surface area contributed by atoms with Crippen LogP contribution in [0.4, 0.5) is 0 Å². The van der Waals surface area contributed by atoms with Crippen molar-refractivity contribution in [2.75, 3.05) is 125 Å². The van der Waals surface area contributed by atoms with Gasteiger partial charge in [0.2, 0.25) is 23.6 Å². The first-order chi connectivity index (χ1) is 31.8. The highest BCUT2D eigenvalue weighted by Crippen LogP contribution is 2.35. The summed E-state index contributed by atoms with van der Waals surface area (Å²) in [5.41, 5.74) is 12.4. The van der Waals surface area contributed by atoms with Gasteiger partial charge < -0.3 is 71.0 Å². The normalized spacial score (nSPS) is 19.3. The van der Waals surface area contributed by atoms with Crippen LogP contribution in [0.3, 0.4) is 0 Å². The molecule has 24 heteroatoms. The molecule has 0 radical (unpaired) electrons. The fraction of sp³-hybridized carbons (Fsp3) is 0.810.